The van der Waals surface area contributed by atoms with Crippen molar-refractivity contribution in [3.05, 3.63) is 40.8 Å². The first-order chi connectivity index (χ1) is 10.2. The summed E-state index contributed by atoms with van der Waals surface area (Å²) in [5, 5.41) is 4.25. The van der Waals surface area contributed by atoms with Gasteiger partial charge in [0.25, 0.3) is 0 Å². The highest BCUT2D eigenvalue weighted by Gasteiger charge is 2.12. The quantitative estimate of drug-likeness (QED) is 0.767. The number of methoxy groups -OCH3 is 1. The minimum atomic E-state index is 0.0929. The number of rotatable bonds is 7. The molecule has 1 aromatic heterocycles. The van der Waals surface area contributed by atoms with Crippen LogP contribution in [0.15, 0.2) is 30.3 Å². The van der Waals surface area contributed by atoms with E-state index in [9.17, 15) is 4.79 Å². The standard InChI is InChI=1S/C16H20N2O2S/c1-3-13(19)16-12(17)10-15(21-16)18-9-8-11-6-4-5-7-14(11)20-2/h4-7,10,18H,3,8-9,17H2,1-2H3. The first-order valence-corrected chi connectivity index (χ1v) is 7.75. The highest BCUT2D eigenvalue weighted by Crippen LogP contribution is 2.30. The topological polar surface area (TPSA) is 64.3 Å². The van der Waals surface area contributed by atoms with Gasteiger partial charge in [0.2, 0.25) is 0 Å². The average Bonchev–Trinajstić information content (AvgIpc) is 2.88. The second kappa shape index (κ2) is 7.13. The summed E-state index contributed by atoms with van der Waals surface area (Å²) in [6.07, 6.45) is 1.32. The lowest BCUT2D eigenvalue weighted by atomic mass is 10.1. The zero-order valence-electron chi connectivity index (χ0n) is 12.3. The van der Waals surface area contributed by atoms with Gasteiger partial charge in [0.15, 0.2) is 5.78 Å². The van der Waals surface area contributed by atoms with Gasteiger partial charge in [-0.15, -0.1) is 11.3 Å². The Balaban J connectivity index is 1.96. The Labute approximate surface area is 128 Å². The fraction of sp³-hybridized carbons (Fsp3) is 0.312. The van der Waals surface area contributed by atoms with Crippen molar-refractivity contribution in [1.82, 2.24) is 0 Å². The molecule has 5 heteroatoms. The predicted octanol–water partition coefficient (Wildman–Crippen LogP) is 3.59. The number of nitrogen functional groups attached to an aromatic ring is 1. The van der Waals surface area contributed by atoms with Crippen molar-refractivity contribution in [2.75, 3.05) is 24.7 Å². The number of carbonyl (C=O) groups is 1. The molecule has 0 aliphatic rings. The molecule has 0 saturated heterocycles. The van der Waals surface area contributed by atoms with Crippen molar-refractivity contribution in [1.29, 1.82) is 0 Å². The molecule has 0 atom stereocenters. The van der Waals surface area contributed by atoms with Gasteiger partial charge in [-0.3, -0.25) is 4.79 Å². The third-order valence-corrected chi connectivity index (χ3v) is 4.37. The molecule has 0 radical (unpaired) electrons. The highest BCUT2D eigenvalue weighted by atomic mass is 32.1. The Hall–Kier alpha value is -2.01. The van der Waals surface area contributed by atoms with Gasteiger partial charge < -0.3 is 15.8 Å². The largest absolute Gasteiger partial charge is 0.496 e. The smallest absolute Gasteiger partial charge is 0.174 e. The zero-order valence-corrected chi connectivity index (χ0v) is 13.1. The minimum absolute atomic E-state index is 0.0929. The monoisotopic (exact) mass is 304 g/mol. The van der Waals surface area contributed by atoms with Crippen LogP contribution in [-0.2, 0) is 6.42 Å². The van der Waals surface area contributed by atoms with E-state index < -0.39 is 0 Å². The normalized spacial score (nSPS) is 10.4. The molecular formula is C16H20N2O2S. The molecule has 0 fully saturated rings. The third kappa shape index (κ3) is 3.76. The van der Waals surface area contributed by atoms with Gasteiger partial charge in [0.1, 0.15) is 5.75 Å². The van der Waals surface area contributed by atoms with Crippen LogP contribution < -0.4 is 15.8 Å². The molecule has 0 unspecified atom stereocenters. The number of nitrogens with two attached hydrogens (primary N) is 1. The molecule has 0 amide bonds. The lowest BCUT2D eigenvalue weighted by Gasteiger charge is -2.08. The summed E-state index contributed by atoms with van der Waals surface area (Å²) in [6, 6.07) is 9.79. The van der Waals surface area contributed by atoms with E-state index in [1.165, 1.54) is 11.3 Å². The summed E-state index contributed by atoms with van der Waals surface area (Å²) >= 11 is 1.42. The number of Topliss-reactive ketones (excluding diaryl/α,β-unsaturated/α-hetero) is 1. The molecule has 112 valence electrons. The first kappa shape index (κ1) is 15.4. The molecule has 4 nitrogen and oxygen atoms in total. The Morgan fingerprint density at radius 2 is 2.14 bits per heavy atom. The summed E-state index contributed by atoms with van der Waals surface area (Å²) in [7, 11) is 1.68. The summed E-state index contributed by atoms with van der Waals surface area (Å²) in [5.74, 6) is 0.988. The van der Waals surface area contributed by atoms with Crippen molar-refractivity contribution in [3.63, 3.8) is 0 Å². The van der Waals surface area contributed by atoms with E-state index in [0.29, 0.717) is 17.0 Å². The van der Waals surface area contributed by atoms with Crippen LogP contribution in [0.4, 0.5) is 10.7 Å². The molecule has 0 spiro atoms. The van der Waals surface area contributed by atoms with E-state index in [1.807, 2.05) is 31.2 Å². The lowest BCUT2D eigenvalue weighted by Crippen LogP contribution is -2.04. The summed E-state index contributed by atoms with van der Waals surface area (Å²) in [4.78, 5) is 12.4. The number of ether oxygens (including phenoxy) is 1. The zero-order chi connectivity index (χ0) is 15.2. The van der Waals surface area contributed by atoms with Crippen molar-refractivity contribution < 1.29 is 9.53 Å². The van der Waals surface area contributed by atoms with Crippen LogP contribution in [0.25, 0.3) is 0 Å². The van der Waals surface area contributed by atoms with E-state index in [2.05, 4.69) is 11.4 Å². The number of benzene rings is 1. The van der Waals surface area contributed by atoms with Crippen LogP contribution in [0.5, 0.6) is 5.75 Å². The number of hydrogen-bond acceptors (Lipinski definition) is 5. The molecule has 1 heterocycles. The molecule has 21 heavy (non-hydrogen) atoms. The number of carbonyl (C=O) groups excluding carboxylic acids is 1. The molecule has 3 N–H and O–H groups in total. The number of para-hydroxylation sites is 1. The summed E-state index contributed by atoms with van der Waals surface area (Å²) in [5.41, 5.74) is 7.59. The van der Waals surface area contributed by atoms with Gasteiger partial charge in [-0.1, -0.05) is 25.1 Å². The van der Waals surface area contributed by atoms with Gasteiger partial charge in [0, 0.05) is 13.0 Å². The Bertz CT molecular complexity index is 622. The fourth-order valence-corrected chi connectivity index (χ4v) is 3.12. The molecule has 2 aromatic rings. The van der Waals surface area contributed by atoms with Gasteiger partial charge in [0.05, 0.1) is 22.7 Å². The van der Waals surface area contributed by atoms with Gasteiger partial charge >= 0.3 is 0 Å². The van der Waals surface area contributed by atoms with E-state index >= 15 is 0 Å². The molecule has 0 aliphatic carbocycles. The van der Waals surface area contributed by atoms with E-state index in [-0.39, 0.29) is 5.78 Å². The van der Waals surface area contributed by atoms with Crippen molar-refractivity contribution in [3.8, 4) is 5.75 Å². The number of thiophene rings is 1. The van der Waals surface area contributed by atoms with Crippen LogP contribution >= 0.6 is 11.3 Å². The van der Waals surface area contributed by atoms with Crippen molar-refractivity contribution in [2.45, 2.75) is 19.8 Å². The van der Waals surface area contributed by atoms with Crippen LogP contribution in [0.2, 0.25) is 0 Å². The number of ketones is 1. The van der Waals surface area contributed by atoms with Crippen molar-refractivity contribution >= 4 is 27.8 Å². The van der Waals surface area contributed by atoms with Crippen LogP contribution in [-0.4, -0.2) is 19.4 Å². The first-order valence-electron chi connectivity index (χ1n) is 6.94. The van der Waals surface area contributed by atoms with Crippen LogP contribution in [0, 0.1) is 0 Å². The lowest BCUT2D eigenvalue weighted by molar-refractivity contribution is 0.0993. The highest BCUT2D eigenvalue weighted by molar-refractivity contribution is 7.18. The van der Waals surface area contributed by atoms with E-state index in [0.717, 1.165) is 29.3 Å². The minimum Gasteiger partial charge on any atom is -0.496 e. The Morgan fingerprint density at radius 1 is 1.38 bits per heavy atom. The number of nitrogens with one attached hydrogen (secondary N) is 1. The summed E-state index contributed by atoms with van der Waals surface area (Å²) < 4.78 is 5.33. The van der Waals surface area contributed by atoms with Crippen molar-refractivity contribution in [2.24, 2.45) is 0 Å². The molecule has 1 aromatic carbocycles. The second-order valence-corrected chi connectivity index (χ2v) is 5.71. The van der Waals surface area contributed by atoms with Gasteiger partial charge in [-0.2, -0.15) is 0 Å². The Kier molecular flexibility index (Phi) is 5.22. The number of anilines is 2. The van der Waals surface area contributed by atoms with Crippen LogP contribution in [0.1, 0.15) is 28.6 Å². The van der Waals surface area contributed by atoms with Crippen LogP contribution in [0.3, 0.4) is 0 Å². The average molecular weight is 304 g/mol. The third-order valence-electron chi connectivity index (χ3n) is 3.22. The molecular weight excluding hydrogens is 284 g/mol. The molecule has 0 saturated carbocycles. The predicted molar refractivity (Wildman–Crippen MR) is 88.5 cm³/mol. The molecule has 2 rings (SSSR count). The second-order valence-electron chi connectivity index (χ2n) is 4.66. The SMILES string of the molecule is CCC(=O)c1sc(NCCc2ccccc2OC)cc1N. The number of hydrogen-bond donors (Lipinski definition) is 2. The fourth-order valence-electron chi connectivity index (χ4n) is 2.10. The van der Waals surface area contributed by atoms with E-state index in [4.69, 9.17) is 10.5 Å². The Morgan fingerprint density at radius 3 is 2.86 bits per heavy atom. The maximum absolute atomic E-state index is 11.7. The molecule has 0 bridgehead atoms. The molecule has 0 aliphatic heterocycles. The maximum Gasteiger partial charge on any atom is 0.174 e. The maximum atomic E-state index is 11.7. The van der Waals surface area contributed by atoms with E-state index in [1.54, 1.807) is 7.11 Å². The van der Waals surface area contributed by atoms with Gasteiger partial charge in [-0.05, 0) is 24.1 Å². The summed E-state index contributed by atoms with van der Waals surface area (Å²) in [6.45, 7) is 2.61. The van der Waals surface area contributed by atoms with Gasteiger partial charge in [-0.25, -0.2) is 0 Å².